The summed E-state index contributed by atoms with van der Waals surface area (Å²) in [6.07, 6.45) is 0. The van der Waals surface area contributed by atoms with Crippen LogP contribution in [0.3, 0.4) is 0 Å². The Morgan fingerprint density at radius 1 is 1.61 bits per heavy atom. The van der Waals surface area contributed by atoms with E-state index in [9.17, 15) is 4.79 Å². The van der Waals surface area contributed by atoms with Crippen LogP contribution in [-0.4, -0.2) is 42.5 Å². The fraction of sp³-hybridized carbons (Fsp3) is 0.462. The molecular weight excluding hydrogens is 318 g/mol. The van der Waals surface area contributed by atoms with Crippen molar-refractivity contribution < 1.29 is 9.53 Å². The highest BCUT2D eigenvalue weighted by atomic mass is 79.9. The van der Waals surface area contributed by atoms with E-state index >= 15 is 0 Å². The van der Waals surface area contributed by atoms with Gasteiger partial charge < -0.3 is 9.64 Å². The van der Waals surface area contributed by atoms with Crippen molar-refractivity contribution in [2.75, 3.05) is 25.6 Å². The van der Waals surface area contributed by atoms with Gasteiger partial charge in [0, 0.05) is 16.9 Å². The smallest absolute Gasteiger partial charge is 0.255 e. The van der Waals surface area contributed by atoms with Gasteiger partial charge in [-0.25, -0.2) is 0 Å². The van der Waals surface area contributed by atoms with Crippen molar-refractivity contribution in [1.82, 2.24) is 4.90 Å². The van der Waals surface area contributed by atoms with Crippen LogP contribution in [0, 0.1) is 6.92 Å². The van der Waals surface area contributed by atoms with Gasteiger partial charge in [0.15, 0.2) is 0 Å². The highest BCUT2D eigenvalue weighted by Gasteiger charge is 2.28. The Balaban J connectivity index is 2.24. The fourth-order valence-corrected chi connectivity index (χ4v) is 2.92. The minimum atomic E-state index is -0.0406. The lowest BCUT2D eigenvalue weighted by atomic mass is 10.1. The molecule has 18 heavy (non-hydrogen) atoms. The van der Waals surface area contributed by atoms with E-state index in [1.807, 2.05) is 25.1 Å². The summed E-state index contributed by atoms with van der Waals surface area (Å²) in [5, 5.41) is 0. The average Bonchev–Trinajstić information content (AvgIpc) is 2.38. The van der Waals surface area contributed by atoms with Crippen LogP contribution >= 0.6 is 27.5 Å². The summed E-state index contributed by atoms with van der Waals surface area (Å²) in [6.45, 7) is 3.67. The topological polar surface area (TPSA) is 29.5 Å². The predicted octanol–water partition coefficient (Wildman–Crippen LogP) is 2.84. The third-order valence-corrected chi connectivity index (χ3v) is 4.03. The van der Waals surface area contributed by atoms with Crippen LogP contribution in [0.25, 0.3) is 0 Å². The Hall–Kier alpha value is -0.580. The predicted molar refractivity (Wildman–Crippen MR) is 75.2 cm³/mol. The minimum absolute atomic E-state index is 0.0100. The lowest BCUT2D eigenvalue weighted by molar-refractivity contribution is 0.00451. The minimum Gasteiger partial charge on any atom is -0.377 e. The maximum absolute atomic E-state index is 12.5. The number of halogens is 2. The molecule has 1 aromatic carbocycles. The van der Waals surface area contributed by atoms with Crippen molar-refractivity contribution in [2.45, 2.75) is 13.0 Å². The van der Waals surface area contributed by atoms with E-state index in [-0.39, 0.29) is 11.9 Å². The molecule has 0 spiro atoms. The van der Waals surface area contributed by atoms with Crippen molar-refractivity contribution in [2.24, 2.45) is 0 Å². The number of alkyl halides is 1. The summed E-state index contributed by atoms with van der Waals surface area (Å²) in [6, 6.07) is 5.70. The van der Waals surface area contributed by atoms with Crippen LogP contribution in [0.5, 0.6) is 0 Å². The van der Waals surface area contributed by atoms with Gasteiger partial charge in [-0.2, -0.15) is 0 Å². The van der Waals surface area contributed by atoms with E-state index in [4.69, 9.17) is 16.3 Å². The molecule has 0 bridgehead atoms. The molecule has 0 saturated carbocycles. The van der Waals surface area contributed by atoms with E-state index in [1.165, 1.54) is 0 Å². The Kier molecular flexibility index (Phi) is 4.65. The van der Waals surface area contributed by atoms with Gasteiger partial charge in [-0.05, 0) is 40.5 Å². The standard InChI is InChI=1S/C13H15BrClNO2/c1-9-2-3-11(12(14)6-9)13(17)16-4-5-18-8-10(16)7-15/h2-3,6,10H,4-5,7-8H2,1H3. The van der Waals surface area contributed by atoms with Crippen LogP contribution < -0.4 is 0 Å². The molecule has 1 heterocycles. The van der Waals surface area contributed by atoms with Crippen molar-refractivity contribution in [3.05, 3.63) is 33.8 Å². The van der Waals surface area contributed by atoms with Crippen LogP contribution in [0.1, 0.15) is 15.9 Å². The molecule has 2 rings (SSSR count). The fourth-order valence-electron chi connectivity index (χ4n) is 2.00. The summed E-state index contributed by atoms with van der Waals surface area (Å²) in [4.78, 5) is 14.3. The normalized spacial score (nSPS) is 19.9. The molecular formula is C13H15BrClNO2. The largest absolute Gasteiger partial charge is 0.377 e. The number of rotatable bonds is 2. The Bertz CT molecular complexity index is 453. The van der Waals surface area contributed by atoms with Gasteiger partial charge in [-0.3, -0.25) is 4.79 Å². The third kappa shape index (κ3) is 2.87. The Labute approximate surface area is 120 Å². The second-order valence-electron chi connectivity index (χ2n) is 4.36. The number of morpholine rings is 1. The first-order chi connectivity index (χ1) is 8.63. The van der Waals surface area contributed by atoms with E-state index < -0.39 is 0 Å². The van der Waals surface area contributed by atoms with Gasteiger partial charge in [-0.15, -0.1) is 11.6 Å². The number of aryl methyl sites for hydroxylation is 1. The van der Waals surface area contributed by atoms with Gasteiger partial charge in [0.25, 0.3) is 5.91 Å². The first-order valence-corrected chi connectivity index (χ1v) is 7.17. The lowest BCUT2D eigenvalue weighted by Crippen LogP contribution is -2.49. The molecule has 3 nitrogen and oxygen atoms in total. The second kappa shape index (κ2) is 6.04. The number of hydrogen-bond acceptors (Lipinski definition) is 2. The molecule has 1 unspecified atom stereocenters. The zero-order valence-electron chi connectivity index (χ0n) is 10.2. The number of ether oxygens (including phenoxy) is 1. The third-order valence-electron chi connectivity index (χ3n) is 3.02. The van der Waals surface area contributed by atoms with E-state index in [2.05, 4.69) is 15.9 Å². The van der Waals surface area contributed by atoms with E-state index in [0.717, 1.165) is 10.0 Å². The van der Waals surface area contributed by atoms with Gasteiger partial charge >= 0.3 is 0 Å². The molecule has 5 heteroatoms. The maximum Gasteiger partial charge on any atom is 0.255 e. The maximum atomic E-state index is 12.5. The Morgan fingerprint density at radius 2 is 2.39 bits per heavy atom. The molecule has 1 aromatic rings. The number of hydrogen-bond donors (Lipinski definition) is 0. The molecule has 0 N–H and O–H groups in total. The number of nitrogens with zero attached hydrogens (tertiary/aromatic N) is 1. The molecule has 1 atom stereocenters. The average molecular weight is 333 g/mol. The van der Waals surface area contributed by atoms with Gasteiger partial charge in [0.2, 0.25) is 0 Å². The highest BCUT2D eigenvalue weighted by Crippen LogP contribution is 2.22. The second-order valence-corrected chi connectivity index (χ2v) is 5.53. The van der Waals surface area contributed by atoms with E-state index in [0.29, 0.717) is 31.2 Å². The van der Waals surface area contributed by atoms with Gasteiger partial charge in [-0.1, -0.05) is 6.07 Å². The summed E-state index contributed by atoms with van der Waals surface area (Å²) in [5.41, 5.74) is 1.80. The van der Waals surface area contributed by atoms with Crippen molar-refractivity contribution in [1.29, 1.82) is 0 Å². The van der Waals surface area contributed by atoms with Crippen LogP contribution in [0.2, 0.25) is 0 Å². The summed E-state index contributed by atoms with van der Waals surface area (Å²) >= 11 is 9.33. The monoisotopic (exact) mass is 331 g/mol. The van der Waals surface area contributed by atoms with Crippen molar-refractivity contribution in [3.8, 4) is 0 Å². The zero-order valence-corrected chi connectivity index (χ0v) is 12.5. The van der Waals surface area contributed by atoms with Crippen LogP contribution in [0.4, 0.5) is 0 Å². The summed E-state index contributed by atoms with van der Waals surface area (Å²) in [7, 11) is 0. The van der Waals surface area contributed by atoms with Crippen molar-refractivity contribution >= 4 is 33.4 Å². The SMILES string of the molecule is Cc1ccc(C(=O)N2CCOCC2CCl)c(Br)c1. The zero-order chi connectivity index (χ0) is 13.1. The summed E-state index contributed by atoms with van der Waals surface area (Å²) < 4.78 is 6.17. The highest BCUT2D eigenvalue weighted by molar-refractivity contribution is 9.10. The molecule has 0 aromatic heterocycles. The molecule has 1 aliphatic rings. The van der Waals surface area contributed by atoms with Gasteiger partial charge in [0.1, 0.15) is 0 Å². The van der Waals surface area contributed by atoms with Crippen molar-refractivity contribution in [3.63, 3.8) is 0 Å². The molecule has 1 aliphatic heterocycles. The van der Waals surface area contributed by atoms with E-state index in [1.54, 1.807) is 4.90 Å². The number of carbonyl (C=O) groups excluding carboxylic acids is 1. The first kappa shape index (κ1) is 13.8. The Morgan fingerprint density at radius 3 is 3.06 bits per heavy atom. The lowest BCUT2D eigenvalue weighted by Gasteiger charge is -2.34. The molecule has 0 aliphatic carbocycles. The molecule has 1 fully saturated rings. The van der Waals surface area contributed by atoms with Gasteiger partial charge in [0.05, 0.1) is 24.8 Å². The number of benzene rings is 1. The number of amides is 1. The first-order valence-electron chi connectivity index (χ1n) is 5.84. The summed E-state index contributed by atoms with van der Waals surface area (Å²) in [5.74, 6) is 0.408. The van der Waals surface area contributed by atoms with Crippen LogP contribution in [0.15, 0.2) is 22.7 Å². The quantitative estimate of drug-likeness (QED) is 0.780. The molecule has 0 radical (unpaired) electrons. The molecule has 1 amide bonds. The number of carbonyl (C=O) groups is 1. The molecule has 98 valence electrons. The molecule has 1 saturated heterocycles. The van der Waals surface area contributed by atoms with Crippen LogP contribution in [-0.2, 0) is 4.74 Å².